The van der Waals surface area contributed by atoms with Crippen molar-refractivity contribution in [2.24, 2.45) is 11.8 Å². The number of rotatable bonds is 8. The summed E-state index contributed by atoms with van der Waals surface area (Å²) in [7, 11) is 0. The van der Waals surface area contributed by atoms with Crippen LogP contribution in [0.4, 0.5) is 4.39 Å². The molecule has 1 aliphatic carbocycles. The molecule has 2 amide bonds. The fourth-order valence-corrected chi connectivity index (χ4v) is 3.29. The van der Waals surface area contributed by atoms with Crippen LogP contribution in [0.3, 0.4) is 0 Å². The van der Waals surface area contributed by atoms with Crippen LogP contribution in [0.1, 0.15) is 24.5 Å². The molecule has 27 heavy (non-hydrogen) atoms. The van der Waals surface area contributed by atoms with Gasteiger partial charge in [-0.1, -0.05) is 48.5 Å². The fourth-order valence-electron chi connectivity index (χ4n) is 3.29. The summed E-state index contributed by atoms with van der Waals surface area (Å²) in [6.07, 6.45) is 1.04. The highest BCUT2D eigenvalue weighted by Crippen LogP contribution is 2.40. The van der Waals surface area contributed by atoms with Crippen molar-refractivity contribution >= 4 is 11.8 Å². The lowest BCUT2D eigenvalue weighted by molar-refractivity contribution is -0.135. The Labute approximate surface area is 159 Å². The zero-order valence-electron chi connectivity index (χ0n) is 15.5. The van der Waals surface area contributed by atoms with E-state index in [0.717, 1.165) is 5.56 Å². The lowest BCUT2D eigenvalue weighted by Crippen LogP contribution is -2.34. The molecule has 1 fully saturated rings. The van der Waals surface area contributed by atoms with Gasteiger partial charge in [0.15, 0.2) is 0 Å². The van der Waals surface area contributed by atoms with Crippen molar-refractivity contribution in [3.05, 3.63) is 71.5 Å². The smallest absolute Gasteiger partial charge is 0.226 e. The lowest BCUT2D eigenvalue weighted by Gasteiger charge is -2.21. The van der Waals surface area contributed by atoms with E-state index in [4.69, 9.17) is 0 Å². The van der Waals surface area contributed by atoms with E-state index in [2.05, 4.69) is 5.32 Å². The first kappa shape index (κ1) is 19.1. The van der Waals surface area contributed by atoms with Crippen LogP contribution in [0.2, 0.25) is 0 Å². The molecule has 0 heterocycles. The topological polar surface area (TPSA) is 49.4 Å². The number of hydrogen-bond acceptors (Lipinski definition) is 2. The van der Waals surface area contributed by atoms with Crippen LogP contribution in [-0.2, 0) is 22.6 Å². The summed E-state index contributed by atoms with van der Waals surface area (Å²) in [5, 5.41) is 2.84. The van der Waals surface area contributed by atoms with Crippen molar-refractivity contribution in [1.29, 1.82) is 0 Å². The molecule has 2 atom stereocenters. The van der Waals surface area contributed by atoms with Crippen LogP contribution in [0.25, 0.3) is 0 Å². The van der Waals surface area contributed by atoms with E-state index in [9.17, 15) is 14.0 Å². The lowest BCUT2D eigenvalue weighted by atomic mass is 10.1. The number of nitrogens with zero attached hydrogens (tertiary/aromatic N) is 1. The molecule has 0 aliphatic heterocycles. The third-order valence-corrected chi connectivity index (χ3v) is 5.01. The molecule has 0 spiro atoms. The van der Waals surface area contributed by atoms with Gasteiger partial charge in [-0.3, -0.25) is 9.59 Å². The van der Waals surface area contributed by atoms with Gasteiger partial charge < -0.3 is 10.2 Å². The summed E-state index contributed by atoms with van der Waals surface area (Å²) in [6, 6.07) is 16.4. The summed E-state index contributed by atoms with van der Waals surface area (Å²) in [4.78, 5) is 26.8. The normalized spacial score (nSPS) is 18.0. The van der Waals surface area contributed by atoms with Crippen molar-refractivity contribution in [3.63, 3.8) is 0 Å². The second-order valence-electron chi connectivity index (χ2n) is 6.92. The zero-order chi connectivity index (χ0) is 19.2. The van der Waals surface area contributed by atoms with E-state index < -0.39 is 0 Å². The van der Waals surface area contributed by atoms with Gasteiger partial charge in [0.1, 0.15) is 5.82 Å². The minimum Gasteiger partial charge on any atom is -0.356 e. The molecule has 0 saturated heterocycles. The molecule has 1 saturated carbocycles. The maximum absolute atomic E-state index is 13.6. The molecule has 5 heteroatoms. The Bertz CT molecular complexity index is 794. The largest absolute Gasteiger partial charge is 0.356 e. The van der Waals surface area contributed by atoms with Crippen LogP contribution < -0.4 is 5.32 Å². The molecule has 0 radical (unpaired) electrons. The molecular formula is C22H25FN2O2. The number of halogens is 1. The first-order valence-electron chi connectivity index (χ1n) is 9.44. The van der Waals surface area contributed by atoms with Gasteiger partial charge in [-0.15, -0.1) is 0 Å². The molecule has 142 valence electrons. The van der Waals surface area contributed by atoms with Gasteiger partial charge in [-0.25, -0.2) is 4.39 Å². The summed E-state index contributed by atoms with van der Waals surface area (Å²) >= 11 is 0. The maximum atomic E-state index is 13.6. The van der Waals surface area contributed by atoms with E-state index >= 15 is 0 Å². The van der Waals surface area contributed by atoms with E-state index in [-0.39, 0.29) is 29.5 Å². The second kappa shape index (κ2) is 8.80. The highest BCUT2D eigenvalue weighted by molar-refractivity contribution is 5.92. The third kappa shape index (κ3) is 4.94. The predicted octanol–water partition coefficient (Wildman–Crippen LogP) is 3.17. The van der Waals surface area contributed by atoms with Crippen LogP contribution >= 0.6 is 0 Å². The van der Waals surface area contributed by atoms with Crippen LogP contribution in [0.5, 0.6) is 0 Å². The SMILES string of the molecule is CCN(Cc1ccccc1)C(=O)C1CC1C(=O)NCCc1ccccc1F. The van der Waals surface area contributed by atoms with E-state index in [1.807, 2.05) is 37.3 Å². The van der Waals surface area contributed by atoms with Gasteiger partial charge >= 0.3 is 0 Å². The molecule has 2 unspecified atom stereocenters. The van der Waals surface area contributed by atoms with Gasteiger partial charge in [0.05, 0.1) is 11.8 Å². The molecule has 3 rings (SSSR count). The molecule has 0 aromatic heterocycles. The summed E-state index contributed by atoms with van der Waals surface area (Å²) < 4.78 is 13.6. The highest BCUT2D eigenvalue weighted by Gasteiger charge is 2.49. The van der Waals surface area contributed by atoms with Gasteiger partial charge in [-0.05, 0) is 37.0 Å². The Morgan fingerprint density at radius 3 is 2.48 bits per heavy atom. The predicted molar refractivity (Wildman–Crippen MR) is 102 cm³/mol. The standard InChI is InChI=1S/C22H25FN2O2/c1-2-25(15-16-8-4-3-5-9-16)22(27)19-14-18(19)21(26)24-13-12-17-10-6-7-11-20(17)23/h3-11,18-19H,2,12-15H2,1H3,(H,24,26). The minimum absolute atomic E-state index is 0.0376. The molecule has 1 N–H and O–H groups in total. The Morgan fingerprint density at radius 1 is 1.07 bits per heavy atom. The van der Waals surface area contributed by atoms with Crippen molar-refractivity contribution < 1.29 is 14.0 Å². The highest BCUT2D eigenvalue weighted by atomic mass is 19.1. The van der Waals surface area contributed by atoms with Gasteiger partial charge in [0, 0.05) is 19.6 Å². The van der Waals surface area contributed by atoms with Gasteiger partial charge in [0.2, 0.25) is 11.8 Å². The summed E-state index contributed by atoms with van der Waals surface area (Å²) in [5.74, 6) is -0.827. The molecule has 0 bridgehead atoms. The number of nitrogens with one attached hydrogen (secondary N) is 1. The van der Waals surface area contributed by atoms with Crippen molar-refractivity contribution in [2.75, 3.05) is 13.1 Å². The number of amides is 2. The molecule has 1 aliphatic rings. The quantitative estimate of drug-likeness (QED) is 0.778. The summed E-state index contributed by atoms with van der Waals surface area (Å²) in [6.45, 7) is 3.51. The molecule has 2 aromatic rings. The molecule has 2 aromatic carbocycles. The maximum Gasteiger partial charge on any atom is 0.226 e. The van der Waals surface area contributed by atoms with Gasteiger partial charge in [-0.2, -0.15) is 0 Å². The number of carbonyl (C=O) groups is 2. The first-order chi connectivity index (χ1) is 13.1. The molecule has 4 nitrogen and oxygen atoms in total. The number of hydrogen-bond donors (Lipinski definition) is 1. The van der Waals surface area contributed by atoms with Crippen LogP contribution in [-0.4, -0.2) is 29.8 Å². The van der Waals surface area contributed by atoms with Crippen LogP contribution in [0, 0.1) is 17.7 Å². The average Bonchev–Trinajstić information content (AvgIpc) is 3.49. The van der Waals surface area contributed by atoms with Crippen LogP contribution in [0.15, 0.2) is 54.6 Å². The minimum atomic E-state index is -0.261. The number of carbonyl (C=O) groups excluding carboxylic acids is 2. The van der Waals surface area contributed by atoms with Crippen molar-refractivity contribution in [1.82, 2.24) is 10.2 Å². The van der Waals surface area contributed by atoms with Crippen molar-refractivity contribution in [3.8, 4) is 0 Å². The average molecular weight is 368 g/mol. The Hall–Kier alpha value is -2.69. The van der Waals surface area contributed by atoms with Gasteiger partial charge in [0.25, 0.3) is 0 Å². The third-order valence-electron chi connectivity index (χ3n) is 5.01. The Morgan fingerprint density at radius 2 is 1.78 bits per heavy atom. The van der Waals surface area contributed by atoms with Crippen molar-refractivity contribution in [2.45, 2.75) is 26.3 Å². The number of benzene rings is 2. The summed E-state index contributed by atoms with van der Waals surface area (Å²) in [5.41, 5.74) is 1.67. The first-order valence-corrected chi connectivity index (χ1v) is 9.44. The Kier molecular flexibility index (Phi) is 6.22. The molecular weight excluding hydrogens is 343 g/mol. The fraction of sp³-hybridized carbons (Fsp3) is 0.364. The van der Waals surface area contributed by atoms with E-state index in [1.54, 1.807) is 23.1 Å². The zero-order valence-corrected chi connectivity index (χ0v) is 15.5. The monoisotopic (exact) mass is 368 g/mol. The Balaban J connectivity index is 1.46. The van der Waals surface area contributed by atoms with E-state index in [1.165, 1.54) is 6.07 Å². The second-order valence-corrected chi connectivity index (χ2v) is 6.92. The van der Waals surface area contributed by atoms with E-state index in [0.29, 0.717) is 38.0 Å².